The van der Waals surface area contributed by atoms with Crippen LogP contribution in [0.15, 0.2) is 23.2 Å². The molecule has 2 heterocycles. The number of aromatic nitrogens is 1. The Kier molecular flexibility index (Phi) is 6.49. The number of piperidine rings is 1. The van der Waals surface area contributed by atoms with Gasteiger partial charge in [-0.15, -0.1) is 0 Å². The van der Waals surface area contributed by atoms with Crippen molar-refractivity contribution in [1.82, 2.24) is 8.87 Å². The number of fused-ring (bicyclic) bond motifs is 1. The average molecular weight is 444 g/mol. The van der Waals surface area contributed by atoms with E-state index in [0.717, 1.165) is 17.6 Å². The van der Waals surface area contributed by atoms with Crippen molar-refractivity contribution in [1.29, 1.82) is 0 Å². The quantitative estimate of drug-likeness (QED) is 0.653. The smallest absolute Gasteiger partial charge is 0.326 e. The van der Waals surface area contributed by atoms with Gasteiger partial charge in [-0.25, -0.2) is 17.1 Å². The van der Waals surface area contributed by atoms with Crippen LogP contribution in [0.4, 0.5) is 4.39 Å². The molecule has 0 aliphatic carbocycles. The number of halogens is 1. The number of carbonyl (C=O) groups is 2. The summed E-state index contributed by atoms with van der Waals surface area (Å²) in [6.45, 7) is 2.21. The number of esters is 1. The Labute approximate surface area is 171 Å². The van der Waals surface area contributed by atoms with Crippen LogP contribution in [0.2, 0.25) is 0 Å². The lowest BCUT2D eigenvalue weighted by Crippen LogP contribution is -2.41. The lowest BCUT2D eigenvalue weighted by Gasteiger charge is -2.28. The van der Waals surface area contributed by atoms with Crippen molar-refractivity contribution in [3.05, 3.63) is 28.8 Å². The van der Waals surface area contributed by atoms with Crippen molar-refractivity contribution in [2.24, 2.45) is 10.9 Å². The van der Waals surface area contributed by atoms with Crippen LogP contribution in [-0.4, -0.2) is 55.1 Å². The van der Waals surface area contributed by atoms with Gasteiger partial charge in [0.2, 0.25) is 10.0 Å². The van der Waals surface area contributed by atoms with Gasteiger partial charge in [0.15, 0.2) is 4.80 Å². The fourth-order valence-electron chi connectivity index (χ4n) is 3.25. The summed E-state index contributed by atoms with van der Waals surface area (Å²) in [5, 5.41) is 0. The van der Waals surface area contributed by atoms with Crippen LogP contribution >= 0.6 is 11.3 Å². The minimum Gasteiger partial charge on any atom is -0.465 e. The highest BCUT2D eigenvalue weighted by Gasteiger charge is 2.30. The average Bonchev–Trinajstić information content (AvgIpc) is 2.97. The fraction of sp³-hybridized carbons (Fsp3) is 0.500. The zero-order valence-corrected chi connectivity index (χ0v) is 17.8. The largest absolute Gasteiger partial charge is 0.465 e. The van der Waals surface area contributed by atoms with E-state index >= 15 is 0 Å². The van der Waals surface area contributed by atoms with Gasteiger partial charge in [0.05, 0.1) is 29.0 Å². The normalized spacial score (nSPS) is 18.9. The molecule has 0 saturated carbocycles. The number of carbonyl (C=O) groups excluding carboxylic acids is 2. The second-order valence-electron chi connectivity index (χ2n) is 6.80. The van der Waals surface area contributed by atoms with Crippen LogP contribution in [0.5, 0.6) is 0 Å². The maximum absolute atomic E-state index is 13.6. The minimum absolute atomic E-state index is 0.0819. The molecule has 1 aliphatic heterocycles. The van der Waals surface area contributed by atoms with E-state index in [0.29, 0.717) is 29.6 Å². The molecule has 2 aromatic rings. The summed E-state index contributed by atoms with van der Waals surface area (Å²) in [5.41, 5.74) is 0.567. The molecular formula is C18H22FN3O5S2. The molecule has 11 heteroatoms. The van der Waals surface area contributed by atoms with E-state index in [1.807, 2.05) is 0 Å². The standard InChI is InChI=1S/C18H22FN3O5S2/c1-3-27-16(23)11-22-14-7-6-13(19)9-15(14)28-18(22)20-17(24)12-5-4-8-21(10-12)29(2,25)26/h6-7,9,12H,3-5,8,10-11H2,1-2H3. The zero-order valence-electron chi connectivity index (χ0n) is 16.1. The molecule has 1 atom stereocenters. The molecule has 0 radical (unpaired) electrons. The molecule has 0 N–H and O–H groups in total. The predicted molar refractivity (Wildman–Crippen MR) is 106 cm³/mol. The Morgan fingerprint density at radius 2 is 2.14 bits per heavy atom. The van der Waals surface area contributed by atoms with Crippen molar-refractivity contribution in [2.75, 3.05) is 26.0 Å². The van der Waals surface area contributed by atoms with Crippen molar-refractivity contribution >= 4 is 43.5 Å². The molecule has 3 rings (SSSR count). The number of rotatable bonds is 5. The first-order valence-electron chi connectivity index (χ1n) is 9.17. The number of sulfonamides is 1. The molecule has 1 unspecified atom stereocenters. The van der Waals surface area contributed by atoms with Gasteiger partial charge in [0.1, 0.15) is 12.4 Å². The summed E-state index contributed by atoms with van der Waals surface area (Å²) in [5.74, 6) is -1.94. The summed E-state index contributed by atoms with van der Waals surface area (Å²) in [6, 6.07) is 4.11. The van der Waals surface area contributed by atoms with Gasteiger partial charge in [0, 0.05) is 13.1 Å². The van der Waals surface area contributed by atoms with Crippen molar-refractivity contribution < 1.29 is 27.1 Å². The van der Waals surface area contributed by atoms with Crippen molar-refractivity contribution in [3.8, 4) is 0 Å². The topological polar surface area (TPSA) is 98.0 Å². The maximum Gasteiger partial charge on any atom is 0.326 e. The van der Waals surface area contributed by atoms with Gasteiger partial charge >= 0.3 is 5.97 Å². The maximum atomic E-state index is 13.6. The van der Waals surface area contributed by atoms with Crippen LogP contribution < -0.4 is 4.80 Å². The molecule has 1 aromatic heterocycles. The highest BCUT2D eigenvalue weighted by atomic mass is 32.2. The van der Waals surface area contributed by atoms with Gasteiger partial charge in [0.25, 0.3) is 5.91 Å². The third-order valence-electron chi connectivity index (χ3n) is 4.65. The monoisotopic (exact) mass is 443 g/mol. The molecule has 158 valence electrons. The summed E-state index contributed by atoms with van der Waals surface area (Å²) in [4.78, 5) is 29.2. The van der Waals surface area contributed by atoms with E-state index in [4.69, 9.17) is 4.74 Å². The van der Waals surface area contributed by atoms with Crippen LogP contribution in [0.3, 0.4) is 0 Å². The fourth-order valence-corrected chi connectivity index (χ4v) is 5.22. The lowest BCUT2D eigenvalue weighted by molar-refractivity contribution is -0.143. The Morgan fingerprint density at radius 3 is 2.83 bits per heavy atom. The van der Waals surface area contributed by atoms with E-state index in [1.165, 1.54) is 27.1 Å². The molecule has 1 saturated heterocycles. The Bertz CT molecular complexity index is 1110. The summed E-state index contributed by atoms with van der Waals surface area (Å²) < 4.78 is 45.5. The summed E-state index contributed by atoms with van der Waals surface area (Å²) in [6.07, 6.45) is 2.22. The number of ether oxygens (including phenoxy) is 1. The molecule has 1 aliphatic rings. The SMILES string of the molecule is CCOC(=O)Cn1c(=NC(=O)C2CCCN(S(C)(=O)=O)C2)sc2cc(F)ccc21. The second kappa shape index (κ2) is 8.72. The molecule has 1 fully saturated rings. The van der Waals surface area contributed by atoms with Crippen LogP contribution in [-0.2, 0) is 30.9 Å². The van der Waals surface area contributed by atoms with E-state index in [9.17, 15) is 22.4 Å². The van der Waals surface area contributed by atoms with E-state index in [1.54, 1.807) is 6.92 Å². The van der Waals surface area contributed by atoms with Crippen LogP contribution in [0.1, 0.15) is 19.8 Å². The van der Waals surface area contributed by atoms with Crippen LogP contribution in [0.25, 0.3) is 10.2 Å². The molecule has 1 aromatic carbocycles. The third kappa shape index (κ3) is 5.09. The van der Waals surface area contributed by atoms with Gasteiger partial charge in [-0.3, -0.25) is 9.59 Å². The highest BCUT2D eigenvalue weighted by Crippen LogP contribution is 2.21. The lowest BCUT2D eigenvalue weighted by atomic mass is 9.99. The number of hydrogen-bond acceptors (Lipinski definition) is 6. The molecule has 0 bridgehead atoms. The Morgan fingerprint density at radius 1 is 1.38 bits per heavy atom. The van der Waals surface area contributed by atoms with Gasteiger partial charge in [-0.2, -0.15) is 4.99 Å². The Balaban J connectivity index is 1.97. The van der Waals surface area contributed by atoms with Crippen molar-refractivity contribution in [3.63, 3.8) is 0 Å². The Hall–Kier alpha value is -2.11. The van der Waals surface area contributed by atoms with Crippen molar-refractivity contribution in [2.45, 2.75) is 26.3 Å². The second-order valence-corrected chi connectivity index (χ2v) is 9.79. The molecular weight excluding hydrogens is 421 g/mol. The summed E-state index contributed by atoms with van der Waals surface area (Å²) in [7, 11) is -3.39. The van der Waals surface area contributed by atoms with E-state index in [2.05, 4.69) is 4.99 Å². The zero-order chi connectivity index (χ0) is 21.2. The van der Waals surface area contributed by atoms with E-state index < -0.39 is 33.6 Å². The highest BCUT2D eigenvalue weighted by molar-refractivity contribution is 7.88. The third-order valence-corrected chi connectivity index (χ3v) is 6.96. The van der Waals surface area contributed by atoms with Gasteiger partial charge < -0.3 is 9.30 Å². The summed E-state index contributed by atoms with van der Waals surface area (Å²) >= 11 is 1.09. The molecule has 29 heavy (non-hydrogen) atoms. The molecule has 1 amide bonds. The first-order chi connectivity index (χ1) is 13.7. The number of hydrogen-bond donors (Lipinski definition) is 0. The predicted octanol–water partition coefficient (Wildman–Crippen LogP) is 1.50. The molecule has 0 spiro atoms. The minimum atomic E-state index is -3.39. The molecule has 8 nitrogen and oxygen atoms in total. The number of nitrogens with zero attached hydrogens (tertiary/aromatic N) is 3. The number of amides is 1. The van der Waals surface area contributed by atoms with Gasteiger partial charge in [-0.05, 0) is 38.0 Å². The van der Waals surface area contributed by atoms with Gasteiger partial charge in [-0.1, -0.05) is 11.3 Å². The first kappa shape index (κ1) is 21.6. The van der Waals surface area contributed by atoms with E-state index in [-0.39, 0.29) is 24.5 Å². The number of benzene rings is 1. The first-order valence-corrected chi connectivity index (χ1v) is 11.8. The van der Waals surface area contributed by atoms with Crippen LogP contribution in [0, 0.1) is 11.7 Å². The number of thiazole rings is 1.